The number of Topliss-reactive ketones (excluding diaryl/α,β-unsaturated/α-hetero) is 1. The van der Waals surface area contributed by atoms with Crippen LogP contribution in [0.1, 0.15) is 33.5 Å². The van der Waals surface area contributed by atoms with Crippen molar-refractivity contribution in [2.75, 3.05) is 12.3 Å². The molecule has 0 spiro atoms. The maximum atomic E-state index is 14.2. The predicted molar refractivity (Wildman–Crippen MR) is 109 cm³/mol. The molecule has 152 valence electrons. The van der Waals surface area contributed by atoms with Gasteiger partial charge in [0.1, 0.15) is 10.7 Å². The van der Waals surface area contributed by atoms with Gasteiger partial charge in [-0.15, -0.1) is 21.5 Å². The third-order valence-electron chi connectivity index (χ3n) is 3.97. The second kappa shape index (κ2) is 9.27. The number of thioether (sulfide) groups is 1. The average molecular weight is 435 g/mol. The number of nitrogens with zero attached hydrogens (tertiary/aromatic N) is 3. The van der Waals surface area contributed by atoms with Crippen LogP contribution in [0.5, 0.6) is 0 Å². The van der Waals surface area contributed by atoms with Gasteiger partial charge in [-0.2, -0.15) is 0 Å². The average Bonchev–Trinajstić information content (AvgIpc) is 3.26. The number of aryl methyl sites for hydroxylation is 2. The molecule has 2 aromatic heterocycles. The number of ketones is 1. The minimum Gasteiger partial charge on any atom is -0.410 e. The van der Waals surface area contributed by atoms with Crippen LogP contribution in [0.25, 0.3) is 10.8 Å². The molecule has 0 aliphatic rings. The molecule has 0 fully saturated rings. The summed E-state index contributed by atoms with van der Waals surface area (Å²) in [6.45, 7) is 5.51. The summed E-state index contributed by atoms with van der Waals surface area (Å²) in [5.74, 6) is -0.460. The second-order valence-corrected chi connectivity index (χ2v) is 8.40. The highest BCUT2D eigenvalue weighted by Gasteiger charge is 2.17. The topological polar surface area (TPSA) is 98.0 Å². The highest BCUT2D eigenvalue weighted by Crippen LogP contribution is 2.30. The van der Waals surface area contributed by atoms with Crippen LogP contribution in [0.4, 0.5) is 4.39 Å². The van der Waals surface area contributed by atoms with E-state index in [-0.39, 0.29) is 28.2 Å². The first-order chi connectivity index (χ1) is 13.8. The third kappa shape index (κ3) is 5.48. The largest absolute Gasteiger partial charge is 0.410 e. The minimum atomic E-state index is -0.470. The molecule has 0 radical (unpaired) electrons. The first-order valence-corrected chi connectivity index (χ1v) is 10.6. The maximum absolute atomic E-state index is 14.2. The van der Waals surface area contributed by atoms with Gasteiger partial charge in [0.05, 0.1) is 16.5 Å². The van der Waals surface area contributed by atoms with E-state index in [2.05, 4.69) is 20.5 Å². The first-order valence-electron chi connectivity index (χ1n) is 8.80. The van der Waals surface area contributed by atoms with Gasteiger partial charge in [0.15, 0.2) is 5.78 Å². The number of hydrogen-bond donors (Lipinski definition) is 1. The highest BCUT2D eigenvalue weighted by molar-refractivity contribution is 7.99. The first kappa shape index (κ1) is 21.1. The fraction of sp³-hybridized carbons (Fsp3) is 0.316. The molecule has 29 heavy (non-hydrogen) atoms. The number of benzene rings is 1. The molecule has 0 aliphatic carbocycles. The Hall–Kier alpha value is -2.59. The van der Waals surface area contributed by atoms with Crippen molar-refractivity contribution in [3.05, 3.63) is 45.8 Å². The van der Waals surface area contributed by atoms with Crippen LogP contribution in [-0.2, 0) is 11.2 Å². The van der Waals surface area contributed by atoms with Crippen LogP contribution in [0, 0.1) is 19.7 Å². The number of carbonyl (C=O) groups is 2. The zero-order chi connectivity index (χ0) is 21.0. The number of amides is 1. The fourth-order valence-electron chi connectivity index (χ4n) is 2.60. The van der Waals surface area contributed by atoms with Crippen molar-refractivity contribution >= 4 is 34.8 Å². The summed E-state index contributed by atoms with van der Waals surface area (Å²) in [5, 5.41) is 11.8. The fourth-order valence-corrected chi connectivity index (χ4v) is 4.10. The summed E-state index contributed by atoms with van der Waals surface area (Å²) in [5.41, 5.74) is 1.53. The summed E-state index contributed by atoms with van der Waals surface area (Å²) < 4.78 is 19.8. The Bertz CT molecular complexity index is 1050. The molecule has 3 aromatic rings. The monoisotopic (exact) mass is 434 g/mol. The molecular formula is C19H19FN4O3S2. The molecule has 1 aromatic carbocycles. The Morgan fingerprint density at radius 2 is 2.07 bits per heavy atom. The lowest BCUT2D eigenvalue weighted by Gasteiger charge is -2.06. The van der Waals surface area contributed by atoms with Gasteiger partial charge in [0.25, 0.3) is 11.1 Å². The minimum absolute atomic E-state index is 0.0486. The van der Waals surface area contributed by atoms with Crippen molar-refractivity contribution in [1.82, 2.24) is 20.5 Å². The maximum Gasteiger partial charge on any atom is 0.277 e. The summed E-state index contributed by atoms with van der Waals surface area (Å²) in [7, 11) is 0. The van der Waals surface area contributed by atoms with E-state index in [0.29, 0.717) is 24.4 Å². The molecule has 0 saturated heterocycles. The molecule has 10 heteroatoms. The molecule has 0 unspecified atom stereocenters. The lowest BCUT2D eigenvalue weighted by atomic mass is 10.1. The van der Waals surface area contributed by atoms with Crippen LogP contribution in [0.15, 0.2) is 27.8 Å². The lowest BCUT2D eigenvalue weighted by Crippen LogP contribution is -2.22. The summed E-state index contributed by atoms with van der Waals surface area (Å²) in [6, 6.07) is 4.36. The van der Waals surface area contributed by atoms with E-state index in [0.717, 1.165) is 27.3 Å². The zero-order valence-corrected chi connectivity index (χ0v) is 17.7. The van der Waals surface area contributed by atoms with E-state index in [9.17, 15) is 14.0 Å². The van der Waals surface area contributed by atoms with Crippen molar-refractivity contribution in [3.8, 4) is 10.8 Å². The van der Waals surface area contributed by atoms with Crippen LogP contribution in [-0.4, -0.2) is 39.2 Å². The molecule has 0 aliphatic heterocycles. The number of halogens is 1. The SMILES string of the molecule is CC(=O)NCCc1ccc(C(=O)CSc2nnc(-c3sc(C)nc3C)o2)cc1F. The number of nitrogens with one attached hydrogen (secondary N) is 1. The van der Waals surface area contributed by atoms with Crippen LogP contribution >= 0.6 is 23.1 Å². The molecule has 1 N–H and O–H groups in total. The normalized spacial score (nSPS) is 10.9. The summed E-state index contributed by atoms with van der Waals surface area (Å²) in [6.07, 6.45) is 0.357. The van der Waals surface area contributed by atoms with Gasteiger partial charge < -0.3 is 9.73 Å². The van der Waals surface area contributed by atoms with Crippen molar-refractivity contribution in [2.45, 2.75) is 32.4 Å². The number of hydrogen-bond acceptors (Lipinski definition) is 8. The molecular weight excluding hydrogens is 415 g/mol. The van der Waals surface area contributed by atoms with Crippen LogP contribution in [0.2, 0.25) is 0 Å². The number of carbonyl (C=O) groups excluding carboxylic acids is 2. The van der Waals surface area contributed by atoms with Gasteiger partial charge in [-0.05, 0) is 31.9 Å². The molecule has 7 nitrogen and oxygen atoms in total. The Balaban J connectivity index is 1.59. The van der Waals surface area contributed by atoms with Gasteiger partial charge >= 0.3 is 0 Å². The number of aromatic nitrogens is 3. The smallest absolute Gasteiger partial charge is 0.277 e. The summed E-state index contributed by atoms with van der Waals surface area (Å²) in [4.78, 5) is 28.4. The van der Waals surface area contributed by atoms with Crippen molar-refractivity contribution in [2.24, 2.45) is 0 Å². The Labute approximate surface area is 175 Å². The number of rotatable bonds is 8. The molecule has 0 saturated carbocycles. The Morgan fingerprint density at radius 3 is 2.72 bits per heavy atom. The van der Waals surface area contributed by atoms with Gasteiger partial charge in [0.2, 0.25) is 5.91 Å². The molecule has 1 amide bonds. The molecule has 0 atom stereocenters. The molecule has 0 bridgehead atoms. The van der Waals surface area contributed by atoms with E-state index in [4.69, 9.17) is 4.42 Å². The van der Waals surface area contributed by atoms with Gasteiger partial charge in [-0.1, -0.05) is 23.9 Å². The van der Waals surface area contributed by atoms with E-state index in [1.807, 2.05) is 13.8 Å². The molecule has 3 rings (SSSR count). The highest BCUT2D eigenvalue weighted by atomic mass is 32.2. The van der Waals surface area contributed by atoms with Crippen LogP contribution < -0.4 is 5.32 Å². The molecule has 2 heterocycles. The zero-order valence-electron chi connectivity index (χ0n) is 16.1. The van der Waals surface area contributed by atoms with Crippen molar-refractivity contribution < 1.29 is 18.4 Å². The predicted octanol–water partition coefficient (Wildman–Crippen LogP) is 3.60. The number of thiazole rings is 1. The van der Waals surface area contributed by atoms with Gasteiger partial charge in [-0.3, -0.25) is 9.59 Å². The standard InChI is InChI=1S/C19H19FN4O3S2/c1-10-17(29-12(3)22-10)18-23-24-19(27-18)28-9-16(26)14-5-4-13(15(20)8-14)6-7-21-11(2)25/h4-5,8H,6-7,9H2,1-3H3,(H,21,25). The van der Waals surface area contributed by atoms with E-state index < -0.39 is 5.82 Å². The van der Waals surface area contributed by atoms with E-state index in [1.54, 1.807) is 12.1 Å². The van der Waals surface area contributed by atoms with Crippen LogP contribution in [0.3, 0.4) is 0 Å². The van der Waals surface area contributed by atoms with E-state index in [1.165, 1.54) is 24.3 Å². The van der Waals surface area contributed by atoms with E-state index >= 15 is 0 Å². The quantitative estimate of drug-likeness (QED) is 0.427. The third-order valence-corrected chi connectivity index (χ3v) is 5.85. The van der Waals surface area contributed by atoms with Crippen molar-refractivity contribution in [3.63, 3.8) is 0 Å². The lowest BCUT2D eigenvalue weighted by molar-refractivity contribution is -0.118. The van der Waals surface area contributed by atoms with Gasteiger partial charge in [-0.25, -0.2) is 9.37 Å². The Morgan fingerprint density at radius 1 is 1.28 bits per heavy atom. The second-order valence-electron chi connectivity index (χ2n) is 6.27. The van der Waals surface area contributed by atoms with Crippen molar-refractivity contribution in [1.29, 1.82) is 0 Å². The van der Waals surface area contributed by atoms with Gasteiger partial charge in [0, 0.05) is 19.0 Å². The Kier molecular flexibility index (Phi) is 6.75. The summed E-state index contributed by atoms with van der Waals surface area (Å²) >= 11 is 2.57.